The van der Waals surface area contributed by atoms with E-state index in [0.717, 1.165) is 27.5 Å². The Morgan fingerprint density at radius 1 is 1.08 bits per heavy atom. The first-order valence-corrected chi connectivity index (χ1v) is 8.24. The van der Waals surface area contributed by atoms with Crippen molar-refractivity contribution in [3.05, 3.63) is 58.4 Å². The number of fused-ring (bicyclic) bond motifs is 4. The number of aryl methyl sites for hydroxylation is 2. The van der Waals surface area contributed by atoms with Crippen molar-refractivity contribution in [1.82, 2.24) is 14.8 Å². The highest BCUT2D eigenvalue weighted by Crippen LogP contribution is 2.39. The zero-order valence-electron chi connectivity index (χ0n) is 14.2. The number of pyridine rings is 1. The molecule has 5 aromatic rings. The lowest BCUT2D eigenvalue weighted by atomic mass is 10.0. The maximum absolute atomic E-state index is 12.0. The van der Waals surface area contributed by atoms with E-state index in [1.165, 1.54) is 0 Å². The number of aromatic hydroxyl groups is 1. The standard InChI is InChI=1S/C20H15N3O3/c1-10-15(25)8-7-13-17-19(26-18(10)13)16(11-3-5-12(24)6-4-11)14-9-21-23(2)20(14)22-17/h3-9,21,24H,1-2H3. The van der Waals surface area contributed by atoms with Gasteiger partial charge in [-0.3, -0.25) is 9.48 Å². The van der Waals surface area contributed by atoms with Crippen molar-refractivity contribution in [2.75, 3.05) is 0 Å². The fourth-order valence-corrected chi connectivity index (χ4v) is 3.47. The number of benzene rings is 2. The molecular weight excluding hydrogens is 330 g/mol. The van der Waals surface area contributed by atoms with Crippen molar-refractivity contribution in [3.63, 3.8) is 0 Å². The zero-order chi connectivity index (χ0) is 18.0. The average Bonchev–Trinajstić information content (AvgIpc) is 3.19. The molecule has 0 aliphatic rings. The second-order valence-corrected chi connectivity index (χ2v) is 6.45. The lowest BCUT2D eigenvalue weighted by Crippen LogP contribution is -2.01. The number of furan rings is 1. The average molecular weight is 345 g/mol. The monoisotopic (exact) mass is 345 g/mol. The lowest BCUT2D eigenvalue weighted by Gasteiger charge is -2.05. The lowest BCUT2D eigenvalue weighted by molar-refractivity contribution is 0.475. The molecule has 0 amide bonds. The first kappa shape index (κ1) is 14.8. The molecule has 0 atom stereocenters. The Labute approximate surface area is 147 Å². The molecule has 5 rings (SSSR count). The fraction of sp³-hybridized carbons (Fsp3) is 0.100. The van der Waals surface area contributed by atoms with E-state index in [-0.39, 0.29) is 11.2 Å². The maximum atomic E-state index is 12.0. The molecule has 0 saturated heterocycles. The number of nitrogens with one attached hydrogen (secondary N) is 1. The summed E-state index contributed by atoms with van der Waals surface area (Å²) in [5.74, 6) is 0.200. The van der Waals surface area contributed by atoms with Gasteiger partial charge in [0.1, 0.15) is 16.8 Å². The van der Waals surface area contributed by atoms with Crippen LogP contribution in [0.2, 0.25) is 0 Å². The molecule has 0 aliphatic heterocycles. The van der Waals surface area contributed by atoms with Crippen molar-refractivity contribution >= 4 is 33.1 Å². The maximum Gasteiger partial charge on any atom is 0.185 e. The molecule has 0 aliphatic carbocycles. The Hall–Kier alpha value is -3.54. The van der Waals surface area contributed by atoms with Gasteiger partial charge in [-0.1, -0.05) is 12.1 Å². The van der Waals surface area contributed by atoms with E-state index in [1.54, 1.807) is 31.2 Å². The minimum atomic E-state index is -0.0550. The van der Waals surface area contributed by atoms with Crippen molar-refractivity contribution in [2.24, 2.45) is 7.05 Å². The van der Waals surface area contributed by atoms with Gasteiger partial charge in [0.15, 0.2) is 16.7 Å². The summed E-state index contributed by atoms with van der Waals surface area (Å²) in [6, 6.07) is 10.3. The van der Waals surface area contributed by atoms with Crippen LogP contribution in [0, 0.1) is 6.92 Å². The molecule has 2 N–H and O–H groups in total. The third kappa shape index (κ3) is 1.86. The second kappa shape index (κ2) is 4.98. The predicted molar refractivity (Wildman–Crippen MR) is 100 cm³/mol. The van der Waals surface area contributed by atoms with E-state index in [1.807, 2.05) is 30.1 Å². The SMILES string of the molecule is Cc1c(=O)ccc2c1oc1c(-c3ccc(O)cc3)c3c[nH]n(C)c3nc12. The highest BCUT2D eigenvalue weighted by atomic mass is 16.3. The van der Waals surface area contributed by atoms with Gasteiger partial charge in [-0.25, -0.2) is 4.98 Å². The predicted octanol–water partition coefficient (Wildman–Crippen LogP) is 3.84. The third-order valence-corrected chi connectivity index (χ3v) is 4.86. The van der Waals surface area contributed by atoms with Crippen molar-refractivity contribution in [2.45, 2.75) is 6.92 Å². The van der Waals surface area contributed by atoms with Crippen LogP contribution in [0.25, 0.3) is 44.2 Å². The van der Waals surface area contributed by atoms with Crippen LogP contribution in [-0.4, -0.2) is 19.9 Å². The van der Waals surface area contributed by atoms with Crippen LogP contribution in [-0.2, 0) is 7.05 Å². The highest BCUT2D eigenvalue weighted by molar-refractivity contribution is 6.14. The van der Waals surface area contributed by atoms with Crippen LogP contribution in [0.3, 0.4) is 0 Å². The molecule has 3 heterocycles. The molecule has 6 nitrogen and oxygen atoms in total. The van der Waals surface area contributed by atoms with E-state index in [2.05, 4.69) is 5.10 Å². The first-order chi connectivity index (χ1) is 12.5. The molecule has 0 radical (unpaired) electrons. The first-order valence-electron chi connectivity index (χ1n) is 8.24. The van der Waals surface area contributed by atoms with Gasteiger partial charge in [0.05, 0.1) is 0 Å². The molecule has 128 valence electrons. The summed E-state index contributed by atoms with van der Waals surface area (Å²) in [5.41, 5.74) is 5.00. The number of H-pyrrole nitrogens is 1. The normalized spacial score (nSPS) is 11.8. The molecule has 26 heavy (non-hydrogen) atoms. The Kier molecular flexibility index (Phi) is 2.83. The van der Waals surface area contributed by atoms with Gasteiger partial charge in [-0.15, -0.1) is 0 Å². The van der Waals surface area contributed by atoms with E-state index >= 15 is 0 Å². The number of hydrogen-bond donors (Lipinski definition) is 2. The summed E-state index contributed by atoms with van der Waals surface area (Å²) >= 11 is 0. The van der Waals surface area contributed by atoms with Crippen molar-refractivity contribution in [3.8, 4) is 16.9 Å². The number of aromatic nitrogens is 3. The molecule has 0 saturated carbocycles. The van der Waals surface area contributed by atoms with Crippen molar-refractivity contribution in [1.29, 1.82) is 0 Å². The Bertz CT molecular complexity index is 1370. The minimum Gasteiger partial charge on any atom is -0.508 e. The molecule has 0 unspecified atom stereocenters. The van der Waals surface area contributed by atoms with E-state index in [0.29, 0.717) is 22.2 Å². The summed E-state index contributed by atoms with van der Waals surface area (Å²) in [7, 11) is 1.89. The van der Waals surface area contributed by atoms with Crippen LogP contribution < -0.4 is 5.43 Å². The number of phenols is 1. The van der Waals surface area contributed by atoms with Gasteiger partial charge in [0.25, 0.3) is 0 Å². The van der Waals surface area contributed by atoms with E-state index < -0.39 is 0 Å². The summed E-state index contributed by atoms with van der Waals surface area (Å²) in [5, 5.41) is 14.5. The smallest absolute Gasteiger partial charge is 0.185 e. The summed E-state index contributed by atoms with van der Waals surface area (Å²) < 4.78 is 7.99. The van der Waals surface area contributed by atoms with Crippen LogP contribution in [0.1, 0.15) is 5.56 Å². The van der Waals surface area contributed by atoms with E-state index in [4.69, 9.17) is 9.40 Å². The summed E-state index contributed by atoms with van der Waals surface area (Å²) in [4.78, 5) is 16.8. The van der Waals surface area contributed by atoms with Crippen molar-refractivity contribution < 1.29 is 9.52 Å². The van der Waals surface area contributed by atoms with Gasteiger partial charge in [0.2, 0.25) is 0 Å². The molecule has 0 bridgehead atoms. The van der Waals surface area contributed by atoms with Gasteiger partial charge in [0, 0.05) is 35.1 Å². The minimum absolute atomic E-state index is 0.0550. The fourth-order valence-electron chi connectivity index (χ4n) is 3.47. The third-order valence-electron chi connectivity index (χ3n) is 4.86. The number of hydrogen-bond acceptors (Lipinski definition) is 4. The summed E-state index contributed by atoms with van der Waals surface area (Å²) in [6.45, 7) is 1.76. The molecular formula is C20H15N3O3. The number of rotatable bonds is 1. The largest absolute Gasteiger partial charge is 0.508 e. The van der Waals surface area contributed by atoms with E-state index in [9.17, 15) is 9.90 Å². The number of aromatic amines is 1. The van der Waals surface area contributed by atoms with Crippen LogP contribution in [0.4, 0.5) is 0 Å². The Morgan fingerprint density at radius 3 is 2.62 bits per heavy atom. The molecule has 6 heteroatoms. The highest BCUT2D eigenvalue weighted by Gasteiger charge is 2.20. The number of phenolic OH excluding ortho intramolecular Hbond substituents is 1. The van der Waals surface area contributed by atoms with Gasteiger partial charge in [-0.05, 0) is 36.8 Å². The summed E-state index contributed by atoms with van der Waals surface area (Å²) in [6.07, 6.45) is 1.88. The Morgan fingerprint density at radius 2 is 1.85 bits per heavy atom. The van der Waals surface area contributed by atoms with Gasteiger partial charge in [-0.2, -0.15) is 0 Å². The number of nitrogens with zero attached hydrogens (tertiary/aromatic N) is 2. The molecule has 0 fully saturated rings. The molecule has 3 aromatic heterocycles. The Balaban J connectivity index is 2.04. The van der Waals surface area contributed by atoms with Crippen LogP contribution >= 0.6 is 0 Å². The molecule has 2 aromatic carbocycles. The quantitative estimate of drug-likeness (QED) is 0.483. The van der Waals surface area contributed by atoms with Gasteiger partial charge < -0.3 is 14.6 Å². The zero-order valence-corrected chi connectivity index (χ0v) is 14.2. The molecule has 0 spiro atoms. The van der Waals surface area contributed by atoms with Crippen LogP contribution in [0.15, 0.2) is 51.8 Å². The topological polar surface area (TPSA) is 84.0 Å². The van der Waals surface area contributed by atoms with Gasteiger partial charge >= 0.3 is 0 Å². The van der Waals surface area contributed by atoms with Crippen LogP contribution in [0.5, 0.6) is 5.75 Å². The second-order valence-electron chi connectivity index (χ2n) is 6.45.